The number of pyridine rings is 1. The zero-order chi connectivity index (χ0) is 14.2. The molecule has 0 unspecified atom stereocenters. The molecule has 0 atom stereocenters. The highest BCUT2D eigenvalue weighted by atomic mass is 35.5. The maximum absolute atomic E-state index is 13.1. The van der Waals surface area contributed by atoms with Gasteiger partial charge in [-0.15, -0.1) is 0 Å². The average molecular weight is 280 g/mol. The number of hydrogen-bond acceptors (Lipinski definition) is 2. The van der Waals surface area contributed by atoms with Gasteiger partial charge in [0.25, 0.3) is 0 Å². The third kappa shape index (κ3) is 2.71. The highest BCUT2D eigenvalue weighted by Gasteiger charge is 2.13. The van der Waals surface area contributed by atoms with Gasteiger partial charge < -0.3 is 4.74 Å². The van der Waals surface area contributed by atoms with Gasteiger partial charge in [0.15, 0.2) is 0 Å². The van der Waals surface area contributed by atoms with Crippen molar-refractivity contribution in [1.29, 1.82) is 0 Å². The summed E-state index contributed by atoms with van der Waals surface area (Å²) in [7, 11) is 0. The second-order valence-electron chi connectivity index (χ2n) is 4.58. The number of nitrogens with zero attached hydrogens (tertiary/aromatic N) is 1. The summed E-state index contributed by atoms with van der Waals surface area (Å²) in [5.74, 6) is 0.824. The quantitative estimate of drug-likeness (QED) is 0.780. The predicted molar refractivity (Wildman–Crippen MR) is 74.7 cm³/mol. The minimum Gasteiger partial charge on any atom is -0.438 e. The molecule has 2 aromatic rings. The van der Waals surface area contributed by atoms with Crippen LogP contribution in [0, 0.1) is 33.5 Å². The molecule has 0 saturated heterocycles. The Morgan fingerprint density at radius 3 is 2.42 bits per heavy atom. The summed E-state index contributed by atoms with van der Waals surface area (Å²) < 4.78 is 18.8. The van der Waals surface area contributed by atoms with Crippen LogP contribution in [0.15, 0.2) is 18.2 Å². The van der Waals surface area contributed by atoms with Gasteiger partial charge in [-0.3, -0.25) is 0 Å². The van der Waals surface area contributed by atoms with Gasteiger partial charge in [0, 0.05) is 5.56 Å². The van der Waals surface area contributed by atoms with Crippen molar-refractivity contribution in [3.8, 4) is 11.6 Å². The smallest absolute Gasteiger partial charge is 0.222 e. The third-order valence-electron chi connectivity index (χ3n) is 3.14. The van der Waals surface area contributed by atoms with Crippen LogP contribution >= 0.6 is 11.6 Å². The second-order valence-corrected chi connectivity index (χ2v) is 4.96. The molecule has 0 aliphatic rings. The molecule has 0 aliphatic heterocycles. The maximum Gasteiger partial charge on any atom is 0.222 e. The Balaban J connectivity index is 2.44. The van der Waals surface area contributed by atoms with Crippen LogP contribution in [0.2, 0.25) is 5.02 Å². The number of aromatic nitrogens is 1. The lowest BCUT2D eigenvalue weighted by atomic mass is 10.1. The van der Waals surface area contributed by atoms with Crippen LogP contribution in [0.3, 0.4) is 0 Å². The second kappa shape index (κ2) is 5.17. The summed E-state index contributed by atoms with van der Waals surface area (Å²) in [5, 5.41) is 0.653. The molecule has 19 heavy (non-hydrogen) atoms. The summed E-state index contributed by atoms with van der Waals surface area (Å²) in [5.41, 5.74) is 3.29. The maximum atomic E-state index is 13.1. The standard InChI is InChI=1S/C15H15ClFNO/c1-8-7-12(17)5-6-13(8)19-15-10(3)9(2)14(16)11(4)18-15/h5-7H,1-4H3. The summed E-state index contributed by atoms with van der Waals surface area (Å²) >= 11 is 6.14. The molecule has 0 fully saturated rings. The summed E-state index contributed by atoms with van der Waals surface area (Å²) in [4.78, 5) is 4.34. The molecule has 0 radical (unpaired) electrons. The zero-order valence-electron chi connectivity index (χ0n) is 11.3. The summed E-state index contributed by atoms with van der Waals surface area (Å²) in [6.45, 7) is 7.46. The van der Waals surface area contributed by atoms with Crippen LogP contribution < -0.4 is 4.74 Å². The number of hydrogen-bond donors (Lipinski definition) is 0. The topological polar surface area (TPSA) is 22.1 Å². The first-order chi connectivity index (χ1) is 8.90. The molecule has 100 valence electrons. The first-order valence-corrected chi connectivity index (χ1v) is 6.35. The molecule has 0 aliphatic carbocycles. The minimum absolute atomic E-state index is 0.280. The van der Waals surface area contributed by atoms with E-state index in [1.807, 2.05) is 20.8 Å². The van der Waals surface area contributed by atoms with Crippen molar-refractivity contribution < 1.29 is 9.13 Å². The largest absolute Gasteiger partial charge is 0.438 e. The van der Waals surface area contributed by atoms with Crippen LogP contribution in [0.25, 0.3) is 0 Å². The lowest BCUT2D eigenvalue weighted by Crippen LogP contribution is -1.99. The highest BCUT2D eigenvalue weighted by Crippen LogP contribution is 2.32. The molecule has 0 saturated carbocycles. The van der Waals surface area contributed by atoms with Gasteiger partial charge >= 0.3 is 0 Å². The van der Waals surface area contributed by atoms with Crippen molar-refractivity contribution in [2.45, 2.75) is 27.7 Å². The summed E-state index contributed by atoms with van der Waals surface area (Å²) in [6.07, 6.45) is 0. The lowest BCUT2D eigenvalue weighted by molar-refractivity contribution is 0.452. The predicted octanol–water partition coefficient (Wildman–Crippen LogP) is 4.90. The molecule has 0 N–H and O–H groups in total. The fourth-order valence-electron chi connectivity index (χ4n) is 1.81. The molecule has 0 bridgehead atoms. The normalized spacial score (nSPS) is 10.6. The Kier molecular flexibility index (Phi) is 3.76. The van der Waals surface area contributed by atoms with Gasteiger partial charge in [0.1, 0.15) is 11.6 Å². The van der Waals surface area contributed by atoms with Crippen molar-refractivity contribution in [2.24, 2.45) is 0 Å². The number of ether oxygens (including phenoxy) is 1. The van der Waals surface area contributed by atoms with E-state index in [0.717, 1.165) is 22.4 Å². The number of benzene rings is 1. The Bertz CT molecular complexity index is 641. The number of aryl methyl sites for hydroxylation is 2. The molecular weight excluding hydrogens is 265 g/mol. The molecule has 2 rings (SSSR count). The van der Waals surface area contributed by atoms with Gasteiger partial charge in [0.05, 0.1) is 10.7 Å². The Morgan fingerprint density at radius 1 is 1.11 bits per heavy atom. The molecular formula is C15H15ClFNO. The van der Waals surface area contributed by atoms with Crippen LogP contribution in [0.1, 0.15) is 22.4 Å². The third-order valence-corrected chi connectivity index (χ3v) is 3.70. The van der Waals surface area contributed by atoms with Crippen LogP contribution in [0.5, 0.6) is 11.6 Å². The van der Waals surface area contributed by atoms with Crippen LogP contribution in [0.4, 0.5) is 4.39 Å². The van der Waals surface area contributed by atoms with Crippen molar-refractivity contribution in [2.75, 3.05) is 0 Å². The average Bonchev–Trinajstić information content (AvgIpc) is 2.36. The van der Waals surface area contributed by atoms with Gasteiger partial charge in [-0.05, 0) is 57.0 Å². The van der Waals surface area contributed by atoms with E-state index in [0.29, 0.717) is 16.7 Å². The molecule has 1 aromatic carbocycles. The van der Waals surface area contributed by atoms with E-state index in [9.17, 15) is 4.39 Å². The van der Waals surface area contributed by atoms with Crippen LogP contribution in [-0.2, 0) is 0 Å². The first-order valence-electron chi connectivity index (χ1n) is 5.97. The minimum atomic E-state index is -0.280. The van der Waals surface area contributed by atoms with Crippen molar-refractivity contribution in [3.63, 3.8) is 0 Å². The molecule has 0 amide bonds. The van der Waals surface area contributed by atoms with Crippen molar-refractivity contribution in [1.82, 2.24) is 4.98 Å². The van der Waals surface area contributed by atoms with Gasteiger partial charge in [-0.2, -0.15) is 0 Å². The molecule has 1 aromatic heterocycles. The number of halogens is 2. The fraction of sp³-hybridized carbons (Fsp3) is 0.267. The fourth-order valence-corrected chi connectivity index (χ4v) is 2.00. The van der Waals surface area contributed by atoms with E-state index in [1.165, 1.54) is 12.1 Å². The molecule has 4 heteroatoms. The van der Waals surface area contributed by atoms with E-state index in [1.54, 1.807) is 13.0 Å². The van der Waals surface area contributed by atoms with E-state index < -0.39 is 0 Å². The van der Waals surface area contributed by atoms with E-state index in [4.69, 9.17) is 16.3 Å². The molecule has 1 heterocycles. The first kappa shape index (κ1) is 13.8. The zero-order valence-corrected chi connectivity index (χ0v) is 12.1. The van der Waals surface area contributed by atoms with Crippen molar-refractivity contribution >= 4 is 11.6 Å². The van der Waals surface area contributed by atoms with Gasteiger partial charge in [-0.1, -0.05) is 11.6 Å². The Hall–Kier alpha value is -1.61. The van der Waals surface area contributed by atoms with E-state index >= 15 is 0 Å². The Labute approximate surface area is 117 Å². The van der Waals surface area contributed by atoms with E-state index in [-0.39, 0.29) is 5.82 Å². The van der Waals surface area contributed by atoms with E-state index in [2.05, 4.69) is 4.98 Å². The van der Waals surface area contributed by atoms with Gasteiger partial charge in [0.2, 0.25) is 5.88 Å². The van der Waals surface area contributed by atoms with Crippen LogP contribution in [-0.4, -0.2) is 4.98 Å². The Morgan fingerprint density at radius 2 is 1.79 bits per heavy atom. The van der Waals surface area contributed by atoms with Crippen molar-refractivity contribution in [3.05, 3.63) is 51.4 Å². The SMILES string of the molecule is Cc1cc(F)ccc1Oc1nc(C)c(Cl)c(C)c1C. The van der Waals surface area contributed by atoms with Gasteiger partial charge in [-0.25, -0.2) is 9.37 Å². The lowest BCUT2D eigenvalue weighted by Gasteiger charge is -2.14. The summed E-state index contributed by atoms with van der Waals surface area (Å²) in [6, 6.07) is 4.40. The number of rotatable bonds is 2. The highest BCUT2D eigenvalue weighted by molar-refractivity contribution is 6.32. The monoisotopic (exact) mass is 279 g/mol. The molecule has 2 nitrogen and oxygen atoms in total. The molecule has 0 spiro atoms.